The normalized spacial score (nSPS) is 14.2. The lowest BCUT2D eigenvalue weighted by atomic mass is 9.96. The molecule has 0 atom stereocenters. The van der Waals surface area contributed by atoms with E-state index in [1.54, 1.807) is 18.2 Å². The van der Waals surface area contributed by atoms with Crippen molar-refractivity contribution >= 4 is 23.2 Å². The van der Waals surface area contributed by atoms with Crippen LogP contribution in [-0.2, 0) is 11.0 Å². The van der Waals surface area contributed by atoms with Crippen LogP contribution in [0.1, 0.15) is 68.4 Å². The summed E-state index contributed by atoms with van der Waals surface area (Å²) in [7, 11) is 0. The molecule has 5 N–H and O–H groups in total. The topological polar surface area (TPSA) is 96.2 Å². The van der Waals surface area contributed by atoms with Crippen LogP contribution in [0.15, 0.2) is 88.7 Å². The number of aryl methyl sites for hydroxylation is 1. The van der Waals surface area contributed by atoms with Gasteiger partial charge in [-0.3, -0.25) is 9.59 Å². The second-order valence-corrected chi connectivity index (χ2v) is 10.9. The minimum absolute atomic E-state index is 0.125. The van der Waals surface area contributed by atoms with Crippen molar-refractivity contribution in [2.45, 2.75) is 60.1 Å². The zero-order valence-electron chi connectivity index (χ0n) is 25.4. The predicted molar refractivity (Wildman–Crippen MR) is 168 cm³/mol. The molecule has 0 radical (unpaired) electrons. The van der Waals surface area contributed by atoms with Crippen LogP contribution in [0.3, 0.4) is 0 Å². The van der Waals surface area contributed by atoms with Gasteiger partial charge in [0.1, 0.15) is 0 Å². The summed E-state index contributed by atoms with van der Waals surface area (Å²) in [5, 5.41) is 9.10. The number of nitrogens with one attached hydrogen (secondary N) is 3. The number of amides is 2. The van der Waals surface area contributed by atoms with Gasteiger partial charge >= 0.3 is 6.18 Å². The molecule has 0 aromatic heterocycles. The molecule has 0 aliphatic heterocycles. The van der Waals surface area contributed by atoms with Crippen molar-refractivity contribution in [3.63, 3.8) is 0 Å². The summed E-state index contributed by atoms with van der Waals surface area (Å²) in [6, 6.07) is 9.19. The SMILES string of the molecule is CCC1=C(C)C(/C=C\C(C)C)=C(NCCCN)C(C(=O)Nc2cc(NC(=O)c3cccc(C(F)(F)F)c3)ccc2C)=CC1. The van der Waals surface area contributed by atoms with Gasteiger partial charge in [-0.2, -0.15) is 13.2 Å². The number of halogens is 3. The van der Waals surface area contributed by atoms with Crippen molar-refractivity contribution in [1.29, 1.82) is 0 Å². The van der Waals surface area contributed by atoms with Crippen LogP contribution >= 0.6 is 0 Å². The van der Waals surface area contributed by atoms with Crippen molar-refractivity contribution in [2.24, 2.45) is 11.7 Å². The highest BCUT2D eigenvalue weighted by atomic mass is 19.4. The van der Waals surface area contributed by atoms with Crippen molar-refractivity contribution in [1.82, 2.24) is 5.32 Å². The summed E-state index contributed by atoms with van der Waals surface area (Å²) in [5.41, 5.74) is 10.8. The first kappa shape index (κ1) is 33.4. The standard InChI is InChI=1S/C34H41F3N4O2/c1-6-24-13-16-29(31(39-18-8-17-38)28(23(24)5)15-11-21(2)3)33(43)41-30-20-27(14-12-22(30)4)40-32(42)25-9-7-10-26(19-25)34(35,36)37/h7,9-12,14-16,19-21,39H,6,8,13,17-18,38H2,1-5H3,(H,40,42)(H,41,43)/b15-11-. The fourth-order valence-electron chi connectivity index (χ4n) is 4.69. The summed E-state index contributed by atoms with van der Waals surface area (Å²) in [6.07, 6.45) is 3.76. The van der Waals surface area contributed by atoms with E-state index in [0.29, 0.717) is 42.4 Å². The van der Waals surface area contributed by atoms with Crippen LogP contribution in [0.4, 0.5) is 24.5 Å². The first-order valence-corrected chi connectivity index (χ1v) is 14.5. The second-order valence-electron chi connectivity index (χ2n) is 10.9. The number of hydrogen-bond acceptors (Lipinski definition) is 4. The van der Waals surface area contributed by atoms with Crippen molar-refractivity contribution in [3.05, 3.63) is 105 Å². The molecule has 0 spiro atoms. The first-order chi connectivity index (χ1) is 20.3. The third-order valence-electron chi connectivity index (χ3n) is 7.22. The van der Waals surface area contributed by atoms with E-state index in [-0.39, 0.29) is 11.5 Å². The van der Waals surface area contributed by atoms with Crippen LogP contribution in [-0.4, -0.2) is 24.9 Å². The molecule has 0 unspecified atom stereocenters. The molecular formula is C34H41F3N4O2. The van der Waals surface area contributed by atoms with Gasteiger partial charge in [-0.05, 0) is 87.0 Å². The average Bonchev–Trinajstić information content (AvgIpc) is 3.09. The Hall–Kier alpha value is -4.11. The molecule has 3 rings (SSSR count). The molecule has 6 nitrogen and oxygen atoms in total. The molecule has 2 amide bonds. The maximum atomic E-state index is 13.9. The molecule has 1 aliphatic carbocycles. The number of nitrogens with two attached hydrogens (primary N) is 1. The van der Waals surface area contributed by atoms with Gasteiger partial charge in [0.05, 0.1) is 16.8 Å². The minimum Gasteiger partial charge on any atom is -0.384 e. The number of alkyl halides is 3. The van der Waals surface area contributed by atoms with Gasteiger partial charge in [0.25, 0.3) is 11.8 Å². The fraction of sp³-hybridized carbons (Fsp3) is 0.353. The van der Waals surface area contributed by atoms with Crippen molar-refractivity contribution < 1.29 is 22.8 Å². The number of anilines is 2. The number of benzene rings is 2. The van der Waals surface area contributed by atoms with Crippen LogP contribution in [0.2, 0.25) is 0 Å². The third-order valence-corrected chi connectivity index (χ3v) is 7.22. The Morgan fingerprint density at radius 3 is 2.44 bits per heavy atom. The molecule has 0 saturated carbocycles. The Balaban J connectivity index is 1.94. The van der Waals surface area contributed by atoms with Crippen LogP contribution < -0.4 is 21.7 Å². The van der Waals surface area contributed by atoms with E-state index in [9.17, 15) is 22.8 Å². The van der Waals surface area contributed by atoms with Gasteiger partial charge in [-0.15, -0.1) is 0 Å². The number of allylic oxidation sites excluding steroid dienone is 6. The van der Waals surface area contributed by atoms with Gasteiger partial charge < -0.3 is 21.7 Å². The zero-order valence-corrected chi connectivity index (χ0v) is 25.4. The predicted octanol–water partition coefficient (Wildman–Crippen LogP) is 7.67. The summed E-state index contributed by atoms with van der Waals surface area (Å²) < 4.78 is 39.4. The van der Waals surface area contributed by atoms with E-state index >= 15 is 0 Å². The molecular weight excluding hydrogens is 553 g/mol. The average molecular weight is 595 g/mol. The Morgan fingerprint density at radius 2 is 1.79 bits per heavy atom. The maximum Gasteiger partial charge on any atom is 0.416 e. The molecule has 0 saturated heterocycles. The highest BCUT2D eigenvalue weighted by Crippen LogP contribution is 2.33. The highest BCUT2D eigenvalue weighted by molar-refractivity contribution is 6.08. The molecule has 2 aromatic carbocycles. The summed E-state index contributed by atoms with van der Waals surface area (Å²) in [4.78, 5) is 26.7. The second kappa shape index (κ2) is 14.9. The summed E-state index contributed by atoms with van der Waals surface area (Å²) in [6.45, 7) is 11.3. The van der Waals surface area contributed by atoms with Gasteiger partial charge in [0, 0.05) is 29.1 Å². The molecule has 230 valence electrons. The molecule has 9 heteroatoms. The van der Waals surface area contributed by atoms with Gasteiger partial charge in [0.15, 0.2) is 0 Å². The quantitative estimate of drug-likeness (QED) is 0.201. The first-order valence-electron chi connectivity index (χ1n) is 14.5. The van der Waals surface area contributed by atoms with E-state index in [4.69, 9.17) is 5.73 Å². The number of hydrogen-bond donors (Lipinski definition) is 4. The van der Waals surface area contributed by atoms with Gasteiger partial charge in [-0.1, -0.05) is 56.7 Å². The lowest BCUT2D eigenvalue weighted by Crippen LogP contribution is -2.26. The van der Waals surface area contributed by atoms with Crippen LogP contribution in [0.5, 0.6) is 0 Å². The van der Waals surface area contributed by atoms with E-state index < -0.39 is 17.6 Å². The van der Waals surface area contributed by atoms with Crippen LogP contribution in [0, 0.1) is 12.8 Å². The lowest BCUT2D eigenvalue weighted by Gasteiger charge is -2.19. The molecule has 0 bridgehead atoms. The van der Waals surface area contributed by atoms with Crippen molar-refractivity contribution in [3.8, 4) is 0 Å². The molecule has 1 aliphatic rings. The Kier molecular flexibility index (Phi) is 11.5. The molecule has 0 fully saturated rings. The van der Waals surface area contributed by atoms with E-state index in [2.05, 4.69) is 55.8 Å². The number of carbonyl (C=O) groups is 2. The van der Waals surface area contributed by atoms with E-state index in [1.165, 1.54) is 17.7 Å². The Labute approximate surface area is 252 Å². The third kappa shape index (κ3) is 8.94. The van der Waals surface area contributed by atoms with Crippen molar-refractivity contribution in [2.75, 3.05) is 23.7 Å². The Bertz CT molecular complexity index is 1470. The fourth-order valence-corrected chi connectivity index (χ4v) is 4.69. The maximum absolute atomic E-state index is 13.9. The largest absolute Gasteiger partial charge is 0.416 e. The summed E-state index contributed by atoms with van der Waals surface area (Å²) >= 11 is 0. The van der Waals surface area contributed by atoms with Gasteiger partial charge in [0.2, 0.25) is 0 Å². The Morgan fingerprint density at radius 1 is 1.05 bits per heavy atom. The molecule has 0 heterocycles. The lowest BCUT2D eigenvalue weighted by molar-refractivity contribution is -0.137. The van der Waals surface area contributed by atoms with Crippen LogP contribution in [0.25, 0.3) is 0 Å². The minimum atomic E-state index is -4.56. The number of carbonyl (C=O) groups excluding carboxylic acids is 2. The van der Waals surface area contributed by atoms with E-state index in [1.807, 2.05) is 13.0 Å². The zero-order chi connectivity index (χ0) is 31.7. The highest BCUT2D eigenvalue weighted by Gasteiger charge is 2.31. The monoisotopic (exact) mass is 594 g/mol. The van der Waals surface area contributed by atoms with Gasteiger partial charge in [-0.25, -0.2) is 0 Å². The van der Waals surface area contributed by atoms with E-state index in [0.717, 1.165) is 47.4 Å². The molecule has 43 heavy (non-hydrogen) atoms. The number of rotatable bonds is 11. The molecule has 2 aromatic rings. The smallest absolute Gasteiger partial charge is 0.384 e. The summed E-state index contributed by atoms with van der Waals surface area (Å²) in [5.74, 6) is -0.694.